The van der Waals surface area contributed by atoms with Crippen LogP contribution in [0.4, 0.5) is 0 Å². The standard InChI is InChI=1S/C16H14O6/c1-22-16-13(19)10(12(18)14(20)15(16)21)7-8-11(17)9-5-3-2-4-6-9/h2-8,18-21H,1H3. The molecule has 0 bridgehead atoms. The average Bonchev–Trinajstić information content (AvgIpc) is 2.54. The first-order valence-corrected chi connectivity index (χ1v) is 6.28. The molecular weight excluding hydrogens is 288 g/mol. The molecule has 0 saturated heterocycles. The molecule has 0 atom stereocenters. The van der Waals surface area contributed by atoms with Crippen LogP contribution in [0.2, 0.25) is 0 Å². The zero-order valence-corrected chi connectivity index (χ0v) is 11.6. The third kappa shape index (κ3) is 2.67. The molecule has 0 aliphatic carbocycles. The highest BCUT2D eigenvalue weighted by molar-refractivity contribution is 6.07. The fraction of sp³-hybridized carbons (Fsp3) is 0.0625. The topological polar surface area (TPSA) is 107 Å². The van der Waals surface area contributed by atoms with Crippen LogP contribution >= 0.6 is 0 Å². The van der Waals surface area contributed by atoms with Gasteiger partial charge in [-0.15, -0.1) is 0 Å². The maximum absolute atomic E-state index is 12.0. The van der Waals surface area contributed by atoms with E-state index >= 15 is 0 Å². The van der Waals surface area contributed by atoms with Gasteiger partial charge in [-0.05, 0) is 12.2 Å². The Morgan fingerprint density at radius 1 is 0.955 bits per heavy atom. The van der Waals surface area contributed by atoms with Crippen LogP contribution in [0.5, 0.6) is 28.7 Å². The van der Waals surface area contributed by atoms with Gasteiger partial charge in [-0.2, -0.15) is 0 Å². The average molecular weight is 302 g/mol. The summed E-state index contributed by atoms with van der Waals surface area (Å²) in [5.41, 5.74) is 0.184. The number of methoxy groups -OCH3 is 1. The van der Waals surface area contributed by atoms with Crippen LogP contribution < -0.4 is 4.74 Å². The number of allylic oxidation sites excluding steroid dienone is 1. The molecule has 6 heteroatoms. The maximum Gasteiger partial charge on any atom is 0.208 e. The van der Waals surface area contributed by atoms with Gasteiger partial charge in [0.1, 0.15) is 0 Å². The number of rotatable bonds is 4. The predicted molar refractivity (Wildman–Crippen MR) is 79.5 cm³/mol. The minimum atomic E-state index is -0.846. The van der Waals surface area contributed by atoms with Gasteiger partial charge in [0.05, 0.1) is 12.7 Å². The van der Waals surface area contributed by atoms with Gasteiger partial charge in [-0.1, -0.05) is 30.3 Å². The Bertz CT molecular complexity index is 734. The van der Waals surface area contributed by atoms with Crippen molar-refractivity contribution in [2.45, 2.75) is 0 Å². The molecule has 0 unspecified atom stereocenters. The maximum atomic E-state index is 12.0. The fourth-order valence-electron chi connectivity index (χ4n) is 1.90. The molecule has 0 saturated carbocycles. The van der Waals surface area contributed by atoms with Crippen molar-refractivity contribution in [3.05, 3.63) is 47.5 Å². The first-order valence-electron chi connectivity index (χ1n) is 6.28. The van der Waals surface area contributed by atoms with Gasteiger partial charge in [-0.25, -0.2) is 0 Å². The summed E-state index contributed by atoms with van der Waals surface area (Å²) in [5.74, 6) is -3.74. The summed E-state index contributed by atoms with van der Waals surface area (Å²) in [4.78, 5) is 12.0. The van der Waals surface area contributed by atoms with E-state index in [0.717, 1.165) is 12.2 Å². The zero-order chi connectivity index (χ0) is 16.3. The third-order valence-electron chi connectivity index (χ3n) is 3.05. The SMILES string of the molecule is COc1c(O)c(O)c(O)c(C=CC(=O)c2ccccc2)c1O. The van der Waals surface area contributed by atoms with E-state index in [9.17, 15) is 25.2 Å². The minimum absolute atomic E-state index is 0.239. The van der Waals surface area contributed by atoms with Crippen LogP contribution in [-0.2, 0) is 0 Å². The Balaban J connectivity index is 2.44. The normalized spacial score (nSPS) is 10.8. The highest BCUT2D eigenvalue weighted by Crippen LogP contribution is 2.51. The first-order chi connectivity index (χ1) is 10.5. The molecule has 0 aliphatic rings. The lowest BCUT2D eigenvalue weighted by molar-refractivity contribution is 0.104. The van der Waals surface area contributed by atoms with E-state index in [2.05, 4.69) is 0 Å². The number of hydrogen-bond donors (Lipinski definition) is 4. The van der Waals surface area contributed by atoms with Crippen LogP contribution in [0.1, 0.15) is 15.9 Å². The van der Waals surface area contributed by atoms with Crippen molar-refractivity contribution >= 4 is 11.9 Å². The number of benzene rings is 2. The molecular formula is C16H14O6. The summed E-state index contributed by atoms with van der Waals surface area (Å²) in [6, 6.07) is 8.39. The summed E-state index contributed by atoms with van der Waals surface area (Å²) in [6.07, 6.45) is 2.25. The lowest BCUT2D eigenvalue weighted by Crippen LogP contribution is -1.93. The molecule has 6 nitrogen and oxygen atoms in total. The number of hydrogen-bond acceptors (Lipinski definition) is 6. The van der Waals surface area contributed by atoms with Gasteiger partial charge in [0.2, 0.25) is 17.2 Å². The van der Waals surface area contributed by atoms with Gasteiger partial charge in [0.25, 0.3) is 0 Å². The summed E-state index contributed by atoms with van der Waals surface area (Å²) < 4.78 is 4.75. The van der Waals surface area contributed by atoms with Crippen LogP contribution in [0.25, 0.3) is 6.08 Å². The lowest BCUT2D eigenvalue weighted by Gasteiger charge is -2.12. The zero-order valence-electron chi connectivity index (χ0n) is 11.6. The molecule has 0 fully saturated rings. The van der Waals surface area contributed by atoms with Gasteiger partial charge in [0, 0.05) is 5.56 Å². The van der Waals surface area contributed by atoms with Crippen LogP contribution in [0.15, 0.2) is 36.4 Å². The Labute approximate surface area is 126 Å². The van der Waals surface area contributed by atoms with Crippen LogP contribution in [0, 0.1) is 0 Å². The highest BCUT2D eigenvalue weighted by Gasteiger charge is 2.22. The summed E-state index contributed by atoms with van der Waals surface area (Å²) >= 11 is 0. The van der Waals surface area contributed by atoms with Crippen LogP contribution in [0.3, 0.4) is 0 Å². The van der Waals surface area contributed by atoms with Crippen molar-refractivity contribution in [2.75, 3.05) is 7.11 Å². The number of ketones is 1. The van der Waals surface area contributed by atoms with Gasteiger partial charge in [-0.3, -0.25) is 4.79 Å². The van der Waals surface area contributed by atoms with E-state index in [-0.39, 0.29) is 11.3 Å². The van der Waals surface area contributed by atoms with Crippen molar-refractivity contribution < 1.29 is 30.0 Å². The third-order valence-corrected chi connectivity index (χ3v) is 3.05. The van der Waals surface area contributed by atoms with Gasteiger partial charge >= 0.3 is 0 Å². The quantitative estimate of drug-likeness (QED) is 0.299. The monoisotopic (exact) mass is 302 g/mol. The Morgan fingerprint density at radius 2 is 1.59 bits per heavy atom. The Kier molecular flexibility index (Phi) is 4.22. The summed E-state index contributed by atoms with van der Waals surface area (Å²) in [7, 11) is 1.17. The Morgan fingerprint density at radius 3 is 2.18 bits per heavy atom. The minimum Gasteiger partial charge on any atom is -0.504 e. The summed E-state index contributed by atoms with van der Waals surface area (Å²) in [5, 5.41) is 38.9. The predicted octanol–water partition coefficient (Wildman–Crippen LogP) is 2.41. The van der Waals surface area contributed by atoms with Gasteiger partial charge in [0.15, 0.2) is 17.3 Å². The van der Waals surface area contributed by atoms with Crippen molar-refractivity contribution in [3.63, 3.8) is 0 Å². The lowest BCUT2D eigenvalue weighted by atomic mass is 10.1. The second-order valence-corrected chi connectivity index (χ2v) is 4.40. The molecule has 2 aromatic rings. The molecule has 22 heavy (non-hydrogen) atoms. The van der Waals surface area contributed by atoms with Crippen LogP contribution in [-0.4, -0.2) is 33.3 Å². The van der Waals surface area contributed by atoms with Crippen molar-refractivity contribution in [1.82, 2.24) is 0 Å². The molecule has 2 rings (SSSR count). The summed E-state index contributed by atoms with van der Waals surface area (Å²) in [6.45, 7) is 0. The highest BCUT2D eigenvalue weighted by atomic mass is 16.5. The molecule has 0 heterocycles. The molecule has 0 amide bonds. The molecule has 4 N–H and O–H groups in total. The van der Waals surface area contributed by atoms with E-state index in [1.807, 2.05) is 0 Å². The van der Waals surface area contributed by atoms with E-state index < -0.39 is 28.7 Å². The number of phenols is 4. The molecule has 2 aromatic carbocycles. The van der Waals surface area contributed by atoms with Crippen molar-refractivity contribution in [1.29, 1.82) is 0 Å². The Hall–Kier alpha value is -3.15. The van der Waals surface area contributed by atoms with Crippen molar-refractivity contribution in [2.24, 2.45) is 0 Å². The largest absolute Gasteiger partial charge is 0.504 e. The van der Waals surface area contributed by atoms with E-state index in [1.165, 1.54) is 7.11 Å². The number of carbonyl (C=O) groups is 1. The number of carbonyl (C=O) groups excluding carboxylic acids is 1. The van der Waals surface area contributed by atoms with E-state index in [1.54, 1.807) is 30.3 Å². The molecule has 0 aromatic heterocycles. The van der Waals surface area contributed by atoms with Crippen molar-refractivity contribution in [3.8, 4) is 28.7 Å². The van der Waals surface area contributed by atoms with E-state index in [4.69, 9.17) is 4.74 Å². The smallest absolute Gasteiger partial charge is 0.208 e. The molecule has 0 aliphatic heterocycles. The molecule has 114 valence electrons. The van der Waals surface area contributed by atoms with Gasteiger partial charge < -0.3 is 25.2 Å². The molecule has 0 spiro atoms. The first kappa shape index (κ1) is 15.2. The second-order valence-electron chi connectivity index (χ2n) is 4.40. The van der Waals surface area contributed by atoms with E-state index in [0.29, 0.717) is 5.56 Å². The fourth-order valence-corrected chi connectivity index (χ4v) is 1.90. The number of phenolic OH excluding ortho intramolecular Hbond substituents is 4. The number of ether oxygens (including phenoxy) is 1. The second kappa shape index (κ2) is 6.09. The molecule has 0 radical (unpaired) electrons. The number of aromatic hydroxyl groups is 4.